The molecule has 5 rings (SSSR count). The predicted octanol–water partition coefficient (Wildman–Crippen LogP) is 5.26. The van der Waals surface area contributed by atoms with Gasteiger partial charge in [0, 0.05) is 42.7 Å². The highest BCUT2D eigenvalue weighted by Crippen LogP contribution is 2.38. The van der Waals surface area contributed by atoms with Crippen LogP contribution in [0.3, 0.4) is 0 Å². The van der Waals surface area contributed by atoms with Crippen LogP contribution in [0.5, 0.6) is 11.5 Å². The third-order valence-corrected chi connectivity index (χ3v) is 6.22. The first-order valence-electron chi connectivity index (χ1n) is 11.8. The van der Waals surface area contributed by atoms with E-state index in [1.807, 2.05) is 36.4 Å². The minimum atomic E-state index is -0.341. The SMILES string of the molecule is COc1cc(OC)cc(N(CC2CC2)c2ccc3ncc(C(=O)NCc4ccc(F)cc4)nc3c2)c1. The van der Waals surface area contributed by atoms with Gasteiger partial charge in [-0.3, -0.25) is 9.78 Å². The van der Waals surface area contributed by atoms with E-state index in [4.69, 9.17) is 9.47 Å². The Balaban J connectivity index is 1.43. The van der Waals surface area contributed by atoms with Gasteiger partial charge in [0.25, 0.3) is 5.91 Å². The Labute approximate surface area is 208 Å². The average Bonchev–Trinajstić information content (AvgIpc) is 3.74. The maximum Gasteiger partial charge on any atom is 0.271 e. The summed E-state index contributed by atoms with van der Waals surface area (Å²) in [7, 11) is 3.27. The maximum atomic E-state index is 13.1. The number of carbonyl (C=O) groups is 1. The summed E-state index contributed by atoms with van der Waals surface area (Å²) in [4.78, 5) is 24.0. The standard InChI is InChI=1S/C28H27FN4O3/c1-35-23-11-22(12-24(14-23)36-2)33(17-19-3-4-19)21-9-10-25-26(13-21)32-27(16-30-25)28(34)31-15-18-5-7-20(29)8-6-18/h5-14,16,19H,3-4,15,17H2,1-2H3,(H,31,34). The van der Waals surface area contributed by atoms with Gasteiger partial charge in [0.15, 0.2) is 0 Å². The first kappa shape index (κ1) is 23.5. The number of hydrogen-bond donors (Lipinski definition) is 1. The number of benzene rings is 3. The molecule has 0 spiro atoms. The first-order valence-corrected chi connectivity index (χ1v) is 11.8. The molecule has 7 nitrogen and oxygen atoms in total. The Morgan fingerprint density at radius 3 is 2.36 bits per heavy atom. The van der Waals surface area contributed by atoms with Crippen molar-refractivity contribution in [1.82, 2.24) is 15.3 Å². The Kier molecular flexibility index (Phi) is 6.66. The number of anilines is 2. The molecule has 1 aliphatic rings. The van der Waals surface area contributed by atoms with E-state index in [2.05, 4.69) is 20.2 Å². The summed E-state index contributed by atoms with van der Waals surface area (Å²) in [6.07, 6.45) is 3.86. The summed E-state index contributed by atoms with van der Waals surface area (Å²) in [5.41, 5.74) is 4.24. The van der Waals surface area contributed by atoms with Gasteiger partial charge in [0.2, 0.25) is 0 Å². The molecule has 1 aliphatic carbocycles. The van der Waals surface area contributed by atoms with Gasteiger partial charge in [-0.05, 0) is 54.7 Å². The largest absolute Gasteiger partial charge is 0.497 e. The van der Waals surface area contributed by atoms with E-state index in [-0.39, 0.29) is 24.0 Å². The van der Waals surface area contributed by atoms with Crippen LogP contribution in [0, 0.1) is 11.7 Å². The summed E-state index contributed by atoms with van der Waals surface area (Å²) in [6, 6.07) is 17.7. The number of carbonyl (C=O) groups excluding carboxylic acids is 1. The second kappa shape index (κ2) is 10.2. The lowest BCUT2D eigenvalue weighted by atomic mass is 10.1. The van der Waals surface area contributed by atoms with Crippen LogP contribution in [0.1, 0.15) is 28.9 Å². The van der Waals surface area contributed by atoms with Gasteiger partial charge in [-0.15, -0.1) is 0 Å². The quantitative estimate of drug-likeness (QED) is 0.348. The van der Waals surface area contributed by atoms with Crippen molar-refractivity contribution in [1.29, 1.82) is 0 Å². The van der Waals surface area contributed by atoms with Crippen molar-refractivity contribution in [3.63, 3.8) is 0 Å². The van der Waals surface area contributed by atoms with Crippen molar-refractivity contribution >= 4 is 28.3 Å². The highest BCUT2D eigenvalue weighted by atomic mass is 19.1. The van der Waals surface area contributed by atoms with E-state index >= 15 is 0 Å². The van der Waals surface area contributed by atoms with Gasteiger partial charge in [-0.1, -0.05) is 12.1 Å². The summed E-state index contributed by atoms with van der Waals surface area (Å²) in [6.45, 7) is 1.12. The Bertz CT molecular complexity index is 1370. The van der Waals surface area contributed by atoms with Crippen LogP contribution in [-0.2, 0) is 6.54 Å². The normalized spacial score (nSPS) is 12.9. The lowest BCUT2D eigenvalue weighted by Crippen LogP contribution is -2.24. The van der Waals surface area contributed by atoms with Crippen molar-refractivity contribution < 1.29 is 18.7 Å². The molecular weight excluding hydrogens is 459 g/mol. The van der Waals surface area contributed by atoms with E-state index in [0.29, 0.717) is 28.5 Å². The molecule has 1 aromatic heterocycles. The molecule has 8 heteroatoms. The maximum absolute atomic E-state index is 13.1. The zero-order valence-corrected chi connectivity index (χ0v) is 20.2. The number of ether oxygens (including phenoxy) is 2. The van der Waals surface area contributed by atoms with Crippen LogP contribution < -0.4 is 19.7 Å². The van der Waals surface area contributed by atoms with E-state index in [9.17, 15) is 9.18 Å². The molecule has 0 saturated heterocycles. The molecule has 1 fully saturated rings. The molecule has 4 aromatic rings. The number of nitrogens with one attached hydrogen (secondary N) is 1. The van der Waals surface area contributed by atoms with Crippen LogP contribution in [0.25, 0.3) is 11.0 Å². The van der Waals surface area contributed by atoms with E-state index in [1.165, 1.54) is 31.2 Å². The van der Waals surface area contributed by atoms with E-state index < -0.39 is 0 Å². The van der Waals surface area contributed by atoms with Crippen LogP contribution in [0.15, 0.2) is 66.9 Å². The van der Waals surface area contributed by atoms with Gasteiger partial charge in [0.1, 0.15) is 23.0 Å². The van der Waals surface area contributed by atoms with Gasteiger partial charge < -0.3 is 19.7 Å². The topological polar surface area (TPSA) is 76.6 Å². The fraction of sp³-hybridized carbons (Fsp3) is 0.250. The fourth-order valence-electron chi connectivity index (χ4n) is 4.02. The highest BCUT2D eigenvalue weighted by molar-refractivity contribution is 5.94. The highest BCUT2D eigenvalue weighted by Gasteiger charge is 2.26. The van der Waals surface area contributed by atoms with Crippen LogP contribution in [0.2, 0.25) is 0 Å². The summed E-state index contributed by atoms with van der Waals surface area (Å²) < 4.78 is 24.1. The number of hydrogen-bond acceptors (Lipinski definition) is 6. The van der Waals surface area contributed by atoms with Crippen molar-refractivity contribution in [2.45, 2.75) is 19.4 Å². The van der Waals surface area contributed by atoms with E-state index in [0.717, 1.165) is 23.5 Å². The first-order chi connectivity index (χ1) is 17.5. The van der Waals surface area contributed by atoms with Gasteiger partial charge in [0.05, 0.1) is 31.4 Å². The smallest absolute Gasteiger partial charge is 0.271 e. The summed E-state index contributed by atoms with van der Waals surface area (Å²) >= 11 is 0. The Morgan fingerprint density at radius 2 is 1.69 bits per heavy atom. The summed E-state index contributed by atoms with van der Waals surface area (Å²) in [5, 5.41) is 2.82. The second-order valence-corrected chi connectivity index (χ2v) is 8.86. The monoisotopic (exact) mass is 486 g/mol. The van der Waals surface area contributed by atoms with Crippen molar-refractivity contribution in [2.24, 2.45) is 5.92 Å². The molecule has 0 bridgehead atoms. The third-order valence-electron chi connectivity index (χ3n) is 6.22. The molecule has 3 aromatic carbocycles. The molecule has 36 heavy (non-hydrogen) atoms. The Morgan fingerprint density at radius 1 is 0.972 bits per heavy atom. The zero-order chi connectivity index (χ0) is 25.1. The zero-order valence-electron chi connectivity index (χ0n) is 20.2. The van der Waals surface area contributed by atoms with Crippen molar-refractivity contribution in [3.05, 3.63) is 83.9 Å². The lowest BCUT2D eigenvalue weighted by molar-refractivity contribution is 0.0946. The average molecular weight is 487 g/mol. The molecule has 1 N–H and O–H groups in total. The molecule has 1 amide bonds. The van der Waals surface area contributed by atoms with Crippen LogP contribution >= 0.6 is 0 Å². The molecular formula is C28H27FN4O3. The predicted molar refractivity (Wildman–Crippen MR) is 136 cm³/mol. The van der Waals surface area contributed by atoms with E-state index in [1.54, 1.807) is 26.4 Å². The van der Waals surface area contributed by atoms with Crippen molar-refractivity contribution in [2.75, 3.05) is 25.7 Å². The molecule has 0 unspecified atom stereocenters. The number of aromatic nitrogens is 2. The number of fused-ring (bicyclic) bond motifs is 1. The van der Waals surface area contributed by atoms with Crippen LogP contribution in [-0.4, -0.2) is 36.6 Å². The number of nitrogens with zero attached hydrogens (tertiary/aromatic N) is 3. The minimum Gasteiger partial charge on any atom is -0.497 e. The van der Waals surface area contributed by atoms with Gasteiger partial charge >= 0.3 is 0 Å². The van der Waals surface area contributed by atoms with Crippen molar-refractivity contribution in [3.8, 4) is 11.5 Å². The third kappa shape index (κ3) is 5.38. The number of methoxy groups -OCH3 is 2. The molecule has 0 radical (unpaired) electrons. The fourth-order valence-corrected chi connectivity index (χ4v) is 4.02. The summed E-state index contributed by atoms with van der Waals surface area (Å²) in [5.74, 6) is 1.39. The minimum absolute atomic E-state index is 0.221. The van der Waals surface area contributed by atoms with Crippen LogP contribution in [0.4, 0.5) is 15.8 Å². The number of halogens is 1. The van der Waals surface area contributed by atoms with Gasteiger partial charge in [-0.25, -0.2) is 9.37 Å². The lowest BCUT2D eigenvalue weighted by Gasteiger charge is -2.26. The molecule has 0 aliphatic heterocycles. The molecule has 1 saturated carbocycles. The second-order valence-electron chi connectivity index (χ2n) is 8.86. The number of amides is 1. The molecule has 0 atom stereocenters. The number of rotatable bonds is 9. The van der Waals surface area contributed by atoms with Gasteiger partial charge in [-0.2, -0.15) is 0 Å². The molecule has 184 valence electrons. The Hall–Kier alpha value is -4.20. The molecule has 1 heterocycles.